The molecule has 1 aromatic heterocycles. The summed E-state index contributed by atoms with van der Waals surface area (Å²) >= 11 is 0. The van der Waals surface area contributed by atoms with Crippen LogP contribution >= 0.6 is 0 Å². The predicted octanol–water partition coefficient (Wildman–Crippen LogP) is 0.457. The zero-order chi connectivity index (χ0) is 10.7. The number of ether oxygens (including phenoxy) is 1. The van der Waals surface area contributed by atoms with E-state index in [0.717, 1.165) is 19.1 Å². The molecule has 0 amide bonds. The fraction of sp³-hybridized carbons (Fsp3) is 0.455. The average Bonchev–Trinajstić information content (AvgIpc) is 2.78. The topological polar surface area (TPSA) is 50.4 Å². The van der Waals surface area contributed by atoms with Gasteiger partial charge in [-0.05, 0) is 12.5 Å². The maximum Gasteiger partial charge on any atom is 0.262 e. The summed E-state index contributed by atoms with van der Waals surface area (Å²) in [6.45, 7) is 0.0600. The van der Waals surface area contributed by atoms with E-state index in [1.54, 1.807) is 12.3 Å². The van der Waals surface area contributed by atoms with Crippen LogP contribution in [-0.2, 0) is 4.74 Å². The summed E-state index contributed by atoms with van der Waals surface area (Å²) in [4.78, 5) is 10.6. The Kier molecular flexibility index (Phi) is 3.08. The quantitative estimate of drug-likeness (QED) is 0.580. The number of aliphatic hydroxyl groups is 1. The Labute approximate surface area is 88.1 Å². The molecule has 2 unspecified atom stereocenters. The number of carbonyl (C=O) groups excluding carboxylic acids is 1. The summed E-state index contributed by atoms with van der Waals surface area (Å²) in [5.41, 5.74) is 0.633. The van der Waals surface area contributed by atoms with Crippen molar-refractivity contribution >= 4 is 6.29 Å². The van der Waals surface area contributed by atoms with Gasteiger partial charge in [0.15, 0.2) is 18.7 Å². The van der Waals surface area contributed by atoms with Crippen molar-refractivity contribution in [1.82, 2.24) is 0 Å². The van der Waals surface area contributed by atoms with E-state index in [1.165, 1.54) is 0 Å². The molecule has 2 rings (SSSR count). The summed E-state index contributed by atoms with van der Waals surface area (Å²) in [6, 6.07) is 3.57. The Balaban J connectivity index is 2.12. The Morgan fingerprint density at radius 1 is 1.60 bits per heavy atom. The monoisotopic (exact) mass is 208 g/mol. The number of hydrogen-bond donors (Lipinski definition) is 1. The summed E-state index contributed by atoms with van der Waals surface area (Å²) in [5.74, 6) is 0. The Hall–Kier alpha value is -1.26. The molecule has 15 heavy (non-hydrogen) atoms. The van der Waals surface area contributed by atoms with E-state index < -0.39 is 0 Å². The highest BCUT2D eigenvalue weighted by Crippen LogP contribution is 2.23. The number of aliphatic hydroxyl groups excluding tert-OH is 1. The molecule has 0 aromatic carbocycles. The molecule has 80 valence electrons. The number of aromatic nitrogens is 1. The van der Waals surface area contributed by atoms with Gasteiger partial charge in [0.1, 0.15) is 0 Å². The van der Waals surface area contributed by atoms with E-state index in [4.69, 9.17) is 9.84 Å². The van der Waals surface area contributed by atoms with Crippen molar-refractivity contribution in [1.29, 1.82) is 0 Å². The highest BCUT2D eigenvalue weighted by molar-refractivity contribution is 5.73. The first-order valence-electron chi connectivity index (χ1n) is 5.06. The number of carbonyl (C=O) groups is 1. The highest BCUT2D eigenvalue weighted by Gasteiger charge is 2.31. The predicted molar refractivity (Wildman–Crippen MR) is 52.3 cm³/mol. The smallest absolute Gasteiger partial charge is 0.262 e. The molecule has 1 fully saturated rings. The lowest BCUT2D eigenvalue weighted by atomic mass is 10.2. The van der Waals surface area contributed by atoms with Crippen LogP contribution < -0.4 is 4.57 Å². The minimum absolute atomic E-state index is 0.0537. The van der Waals surface area contributed by atoms with Crippen LogP contribution in [0, 0.1) is 0 Å². The molecular weight excluding hydrogens is 194 g/mol. The van der Waals surface area contributed by atoms with Crippen LogP contribution in [0.25, 0.3) is 0 Å². The van der Waals surface area contributed by atoms with Crippen LogP contribution in [0.5, 0.6) is 0 Å². The standard InChI is InChI=1S/C11H14NO3/c13-7-9-2-1-5-12(6-9)11-4-3-10(8-14)15-11/h1-2,5-7,10-11,14H,3-4,8H2/q+1. The molecule has 1 aliphatic heterocycles. The summed E-state index contributed by atoms with van der Waals surface area (Å²) in [6.07, 6.45) is 6.06. The highest BCUT2D eigenvalue weighted by atomic mass is 16.5. The number of aldehydes is 1. The molecule has 0 bridgehead atoms. The van der Waals surface area contributed by atoms with Gasteiger partial charge in [-0.2, -0.15) is 4.57 Å². The van der Waals surface area contributed by atoms with Gasteiger partial charge >= 0.3 is 0 Å². The van der Waals surface area contributed by atoms with Crippen molar-refractivity contribution in [2.24, 2.45) is 0 Å². The van der Waals surface area contributed by atoms with Crippen LogP contribution in [0.2, 0.25) is 0 Å². The van der Waals surface area contributed by atoms with Crippen LogP contribution in [-0.4, -0.2) is 24.1 Å². The Morgan fingerprint density at radius 2 is 2.47 bits per heavy atom. The van der Waals surface area contributed by atoms with Crippen molar-refractivity contribution in [3.8, 4) is 0 Å². The third-order valence-electron chi connectivity index (χ3n) is 2.60. The lowest BCUT2D eigenvalue weighted by Crippen LogP contribution is -2.39. The molecule has 1 aromatic rings. The van der Waals surface area contributed by atoms with E-state index in [1.807, 2.05) is 16.8 Å². The van der Waals surface area contributed by atoms with Gasteiger partial charge in [-0.1, -0.05) is 0 Å². The van der Waals surface area contributed by atoms with Gasteiger partial charge in [0.25, 0.3) is 6.23 Å². The largest absolute Gasteiger partial charge is 0.394 e. The third-order valence-corrected chi connectivity index (χ3v) is 2.60. The molecule has 0 radical (unpaired) electrons. The van der Waals surface area contributed by atoms with E-state index in [2.05, 4.69) is 0 Å². The minimum atomic E-state index is -0.0672. The zero-order valence-electron chi connectivity index (χ0n) is 8.37. The van der Waals surface area contributed by atoms with Crippen LogP contribution in [0.15, 0.2) is 24.5 Å². The van der Waals surface area contributed by atoms with Gasteiger partial charge < -0.3 is 9.84 Å². The second-order valence-corrected chi connectivity index (χ2v) is 3.68. The third kappa shape index (κ3) is 2.22. The number of rotatable bonds is 3. The van der Waals surface area contributed by atoms with Gasteiger partial charge in [-0.3, -0.25) is 4.79 Å². The Bertz CT molecular complexity index is 353. The fourth-order valence-corrected chi connectivity index (χ4v) is 1.80. The van der Waals surface area contributed by atoms with Gasteiger partial charge in [-0.15, -0.1) is 0 Å². The van der Waals surface area contributed by atoms with Crippen molar-refractivity contribution in [3.05, 3.63) is 30.1 Å². The second-order valence-electron chi connectivity index (χ2n) is 3.68. The molecule has 1 N–H and O–H groups in total. The summed E-state index contributed by atoms with van der Waals surface area (Å²) in [5, 5.41) is 8.94. The molecule has 2 heterocycles. The summed E-state index contributed by atoms with van der Waals surface area (Å²) in [7, 11) is 0. The molecule has 2 atom stereocenters. The molecule has 1 aliphatic rings. The first-order valence-corrected chi connectivity index (χ1v) is 5.06. The molecule has 4 nitrogen and oxygen atoms in total. The summed E-state index contributed by atoms with van der Waals surface area (Å²) < 4.78 is 7.47. The lowest BCUT2D eigenvalue weighted by Gasteiger charge is -2.07. The second kappa shape index (κ2) is 4.51. The molecule has 4 heteroatoms. The van der Waals surface area contributed by atoms with E-state index in [-0.39, 0.29) is 18.9 Å². The maximum absolute atomic E-state index is 10.6. The first-order chi connectivity index (χ1) is 7.33. The maximum atomic E-state index is 10.6. The van der Waals surface area contributed by atoms with Crippen LogP contribution in [0.1, 0.15) is 29.4 Å². The fourth-order valence-electron chi connectivity index (χ4n) is 1.80. The Morgan fingerprint density at radius 3 is 3.13 bits per heavy atom. The first kappa shape index (κ1) is 10.3. The normalized spacial score (nSPS) is 25.4. The number of pyridine rings is 1. The van der Waals surface area contributed by atoms with Crippen molar-refractivity contribution in [2.45, 2.75) is 25.2 Å². The van der Waals surface area contributed by atoms with E-state index >= 15 is 0 Å². The van der Waals surface area contributed by atoms with Crippen LogP contribution in [0.4, 0.5) is 0 Å². The molecule has 0 aliphatic carbocycles. The molecule has 0 saturated carbocycles. The lowest BCUT2D eigenvalue weighted by molar-refractivity contribution is -0.759. The molecule has 0 spiro atoms. The van der Waals surface area contributed by atoms with Crippen LogP contribution in [0.3, 0.4) is 0 Å². The van der Waals surface area contributed by atoms with E-state index in [0.29, 0.717) is 5.56 Å². The van der Waals surface area contributed by atoms with Gasteiger partial charge in [0.2, 0.25) is 0 Å². The SMILES string of the molecule is O=Cc1ccc[n+](C2CCC(CO)O2)c1. The average molecular weight is 208 g/mol. The van der Waals surface area contributed by atoms with Gasteiger partial charge in [0.05, 0.1) is 18.3 Å². The molecule has 1 saturated heterocycles. The van der Waals surface area contributed by atoms with Crippen molar-refractivity contribution in [3.63, 3.8) is 0 Å². The number of nitrogens with zero attached hydrogens (tertiary/aromatic N) is 1. The van der Waals surface area contributed by atoms with Crippen molar-refractivity contribution < 1.29 is 19.2 Å². The van der Waals surface area contributed by atoms with Gasteiger partial charge in [0, 0.05) is 12.5 Å². The van der Waals surface area contributed by atoms with Crippen molar-refractivity contribution in [2.75, 3.05) is 6.61 Å². The van der Waals surface area contributed by atoms with Gasteiger partial charge in [-0.25, -0.2) is 0 Å². The number of hydrogen-bond acceptors (Lipinski definition) is 3. The van der Waals surface area contributed by atoms with E-state index in [9.17, 15) is 4.79 Å². The zero-order valence-corrected chi connectivity index (χ0v) is 8.37. The minimum Gasteiger partial charge on any atom is -0.394 e. The molecular formula is C11H14NO3+.